The fourth-order valence-electron chi connectivity index (χ4n) is 2.27. The summed E-state index contributed by atoms with van der Waals surface area (Å²) in [7, 11) is -3.90. The molecule has 0 spiro atoms. The van der Waals surface area contributed by atoms with Crippen LogP contribution in [0.25, 0.3) is 0 Å². The summed E-state index contributed by atoms with van der Waals surface area (Å²) >= 11 is 0. The minimum atomic E-state index is -3.90. The number of nitro benzene ring substituents is 1. The van der Waals surface area contributed by atoms with Crippen molar-refractivity contribution in [2.24, 2.45) is 4.99 Å². The van der Waals surface area contributed by atoms with Gasteiger partial charge in [0.05, 0.1) is 16.4 Å². The second-order valence-electron chi connectivity index (χ2n) is 5.09. The minimum absolute atomic E-state index is 0.164. The number of benzene rings is 2. The summed E-state index contributed by atoms with van der Waals surface area (Å²) in [6, 6.07) is 11.6. The van der Waals surface area contributed by atoms with Gasteiger partial charge in [0, 0.05) is 29.9 Å². The Labute approximate surface area is 138 Å². The topological polar surface area (TPSA) is 114 Å². The average molecular weight is 346 g/mol. The number of nitro groups is 1. The third-order valence-electron chi connectivity index (χ3n) is 3.42. The second kappa shape index (κ2) is 6.28. The van der Waals surface area contributed by atoms with Crippen LogP contribution in [0.1, 0.15) is 5.56 Å². The van der Waals surface area contributed by atoms with Gasteiger partial charge in [0.25, 0.3) is 15.7 Å². The molecule has 9 heteroatoms. The zero-order valence-electron chi connectivity index (χ0n) is 12.5. The Morgan fingerprint density at radius 1 is 1.17 bits per heavy atom. The maximum absolute atomic E-state index is 12.3. The van der Waals surface area contributed by atoms with Gasteiger partial charge < -0.3 is 5.32 Å². The van der Waals surface area contributed by atoms with Crippen molar-refractivity contribution >= 4 is 27.2 Å². The van der Waals surface area contributed by atoms with E-state index in [-0.39, 0.29) is 10.6 Å². The van der Waals surface area contributed by atoms with Crippen LogP contribution in [0, 0.1) is 10.1 Å². The molecule has 124 valence electrons. The molecule has 0 saturated carbocycles. The number of aliphatic imine (C=N–C) groups is 1. The van der Waals surface area contributed by atoms with E-state index in [9.17, 15) is 18.5 Å². The predicted molar refractivity (Wildman–Crippen MR) is 89.8 cm³/mol. The SMILES string of the molecule is O=[N+]([O-])c1cccc(S(=O)(=O)Nc2ccc(C3=NCCN3)cc2)c1. The molecule has 0 atom stereocenters. The fraction of sp³-hybridized carbons (Fsp3) is 0.133. The quantitative estimate of drug-likeness (QED) is 0.632. The lowest BCUT2D eigenvalue weighted by atomic mass is 10.2. The molecule has 24 heavy (non-hydrogen) atoms. The molecule has 1 aliphatic rings. The molecular weight excluding hydrogens is 332 g/mol. The highest BCUT2D eigenvalue weighted by Crippen LogP contribution is 2.21. The number of hydrogen-bond acceptors (Lipinski definition) is 6. The molecule has 2 aromatic rings. The molecule has 3 rings (SSSR count). The molecular formula is C15H14N4O4S. The van der Waals surface area contributed by atoms with Crippen LogP contribution in [0.15, 0.2) is 58.4 Å². The van der Waals surface area contributed by atoms with Gasteiger partial charge >= 0.3 is 0 Å². The van der Waals surface area contributed by atoms with Gasteiger partial charge in [0.1, 0.15) is 5.84 Å². The molecule has 1 heterocycles. The average Bonchev–Trinajstić information content (AvgIpc) is 3.10. The smallest absolute Gasteiger partial charge is 0.270 e. The van der Waals surface area contributed by atoms with E-state index in [0.29, 0.717) is 5.69 Å². The van der Waals surface area contributed by atoms with Crippen molar-refractivity contribution in [2.45, 2.75) is 4.90 Å². The van der Waals surface area contributed by atoms with E-state index in [1.165, 1.54) is 18.2 Å². The summed E-state index contributed by atoms with van der Waals surface area (Å²) in [4.78, 5) is 14.3. The Kier molecular flexibility index (Phi) is 4.17. The van der Waals surface area contributed by atoms with Gasteiger partial charge in [-0.15, -0.1) is 0 Å². The number of hydrogen-bond donors (Lipinski definition) is 2. The van der Waals surface area contributed by atoms with Gasteiger partial charge in [-0.25, -0.2) is 8.42 Å². The first kappa shape index (κ1) is 15.9. The third kappa shape index (κ3) is 3.35. The van der Waals surface area contributed by atoms with Gasteiger partial charge in [0.2, 0.25) is 0 Å². The summed E-state index contributed by atoms with van der Waals surface area (Å²) in [6.07, 6.45) is 0. The molecule has 0 aromatic heterocycles. The van der Waals surface area contributed by atoms with Crippen molar-refractivity contribution in [3.8, 4) is 0 Å². The van der Waals surface area contributed by atoms with Crippen LogP contribution in [-0.2, 0) is 10.0 Å². The number of anilines is 1. The zero-order valence-corrected chi connectivity index (χ0v) is 13.3. The molecule has 0 radical (unpaired) electrons. The fourth-order valence-corrected chi connectivity index (χ4v) is 3.36. The highest BCUT2D eigenvalue weighted by Gasteiger charge is 2.18. The number of nitrogens with zero attached hydrogens (tertiary/aromatic N) is 2. The molecule has 1 aliphatic heterocycles. The van der Waals surface area contributed by atoms with Crippen molar-refractivity contribution in [2.75, 3.05) is 17.8 Å². The van der Waals surface area contributed by atoms with E-state index in [1.54, 1.807) is 24.3 Å². The number of non-ortho nitro benzene ring substituents is 1. The van der Waals surface area contributed by atoms with Crippen molar-refractivity contribution < 1.29 is 13.3 Å². The Morgan fingerprint density at radius 3 is 2.54 bits per heavy atom. The molecule has 0 unspecified atom stereocenters. The van der Waals surface area contributed by atoms with Gasteiger partial charge in [-0.3, -0.25) is 19.8 Å². The highest BCUT2D eigenvalue weighted by molar-refractivity contribution is 7.92. The molecule has 2 aromatic carbocycles. The number of amidine groups is 1. The largest absolute Gasteiger partial charge is 0.368 e. The van der Waals surface area contributed by atoms with E-state index in [1.807, 2.05) is 0 Å². The second-order valence-corrected chi connectivity index (χ2v) is 6.78. The summed E-state index contributed by atoms with van der Waals surface area (Å²) in [6.45, 7) is 1.51. The van der Waals surface area contributed by atoms with E-state index in [4.69, 9.17) is 0 Å². The normalized spacial score (nSPS) is 13.9. The first-order valence-corrected chi connectivity index (χ1v) is 8.60. The highest BCUT2D eigenvalue weighted by atomic mass is 32.2. The predicted octanol–water partition coefficient (Wildman–Crippen LogP) is 1.75. The molecule has 0 saturated heterocycles. The first-order chi connectivity index (χ1) is 11.5. The van der Waals surface area contributed by atoms with Gasteiger partial charge in [-0.2, -0.15) is 0 Å². The summed E-state index contributed by atoms with van der Waals surface area (Å²) in [5, 5.41) is 13.9. The van der Waals surface area contributed by atoms with Crippen LogP contribution >= 0.6 is 0 Å². The maximum atomic E-state index is 12.3. The van der Waals surface area contributed by atoms with Gasteiger partial charge in [0.15, 0.2) is 0 Å². The van der Waals surface area contributed by atoms with Crippen LogP contribution in [0.2, 0.25) is 0 Å². The number of rotatable bonds is 5. The van der Waals surface area contributed by atoms with E-state index >= 15 is 0 Å². The van der Waals surface area contributed by atoms with Crippen LogP contribution in [0.3, 0.4) is 0 Å². The molecule has 0 bridgehead atoms. The Bertz CT molecular complexity index is 907. The van der Waals surface area contributed by atoms with Crippen molar-refractivity contribution in [1.82, 2.24) is 5.32 Å². The zero-order chi connectivity index (χ0) is 17.2. The van der Waals surface area contributed by atoms with Crippen LogP contribution < -0.4 is 10.0 Å². The lowest BCUT2D eigenvalue weighted by molar-refractivity contribution is -0.385. The summed E-state index contributed by atoms with van der Waals surface area (Å²) in [5.41, 5.74) is 0.952. The van der Waals surface area contributed by atoms with Crippen molar-refractivity contribution in [1.29, 1.82) is 0 Å². The Morgan fingerprint density at radius 2 is 1.92 bits per heavy atom. The van der Waals surface area contributed by atoms with Gasteiger partial charge in [-0.1, -0.05) is 6.07 Å². The van der Waals surface area contributed by atoms with Crippen LogP contribution in [-0.4, -0.2) is 32.3 Å². The lowest BCUT2D eigenvalue weighted by Gasteiger charge is -2.09. The summed E-state index contributed by atoms with van der Waals surface area (Å²) in [5.74, 6) is 0.781. The molecule has 0 amide bonds. The Balaban J connectivity index is 1.81. The third-order valence-corrected chi connectivity index (χ3v) is 4.80. The summed E-state index contributed by atoms with van der Waals surface area (Å²) < 4.78 is 27.1. The Hall–Kier alpha value is -2.94. The van der Waals surface area contributed by atoms with Crippen molar-refractivity contribution in [3.63, 3.8) is 0 Å². The first-order valence-electron chi connectivity index (χ1n) is 7.12. The minimum Gasteiger partial charge on any atom is -0.368 e. The lowest BCUT2D eigenvalue weighted by Crippen LogP contribution is -2.19. The molecule has 0 aliphatic carbocycles. The molecule has 0 fully saturated rings. The monoisotopic (exact) mass is 346 g/mol. The van der Waals surface area contributed by atoms with Crippen LogP contribution in [0.5, 0.6) is 0 Å². The van der Waals surface area contributed by atoms with E-state index < -0.39 is 14.9 Å². The van der Waals surface area contributed by atoms with E-state index in [0.717, 1.165) is 30.6 Å². The number of nitrogens with one attached hydrogen (secondary N) is 2. The maximum Gasteiger partial charge on any atom is 0.270 e. The molecule has 2 N–H and O–H groups in total. The molecule has 8 nitrogen and oxygen atoms in total. The number of sulfonamides is 1. The standard InChI is InChI=1S/C15H14N4O4S/c20-19(21)13-2-1-3-14(10-13)24(22,23)18-12-6-4-11(5-7-12)15-16-8-9-17-15/h1-7,10,18H,8-9H2,(H,16,17). The van der Waals surface area contributed by atoms with Gasteiger partial charge in [-0.05, 0) is 30.3 Å². The van der Waals surface area contributed by atoms with E-state index in [2.05, 4.69) is 15.0 Å². The van der Waals surface area contributed by atoms with Crippen molar-refractivity contribution in [3.05, 3.63) is 64.2 Å². The van der Waals surface area contributed by atoms with Crippen LogP contribution in [0.4, 0.5) is 11.4 Å².